The van der Waals surface area contributed by atoms with Gasteiger partial charge in [0.15, 0.2) is 0 Å². The van der Waals surface area contributed by atoms with Crippen molar-refractivity contribution in [1.82, 2.24) is 15.1 Å². The molecular weight excluding hydrogens is 242 g/mol. The van der Waals surface area contributed by atoms with Gasteiger partial charge in [-0.05, 0) is 7.05 Å². The van der Waals surface area contributed by atoms with Gasteiger partial charge in [0.05, 0.1) is 0 Å². The van der Waals surface area contributed by atoms with E-state index in [2.05, 4.69) is 5.32 Å². The number of carbonyl (C=O) groups is 2. The SMILES string of the molecule is CNCCN(C)C(=O)N1CCSCC1C(=O)O. The lowest BCUT2D eigenvalue weighted by Gasteiger charge is -2.35. The minimum absolute atomic E-state index is 0.201. The van der Waals surface area contributed by atoms with Crippen molar-refractivity contribution in [2.75, 3.05) is 45.2 Å². The van der Waals surface area contributed by atoms with Crippen LogP contribution in [0.15, 0.2) is 0 Å². The monoisotopic (exact) mass is 261 g/mol. The average molecular weight is 261 g/mol. The van der Waals surface area contributed by atoms with E-state index in [-0.39, 0.29) is 6.03 Å². The van der Waals surface area contributed by atoms with E-state index >= 15 is 0 Å². The van der Waals surface area contributed by atoms with Gasteiger partial charge in [0.1, 0.15) is 6.04 Å². The van der Waals surface area contributed by atoms with E-state index in [0.717, 1.165) is 5.75 Å². The number of hydrogen-bond donors (Lipinski definition) is 2. The van der Waals surface area contributed by atoms with Crippen LogP contribution in [-0.2, 0) is 4.79 Å². The van der Waals surface area contributed by atoms with Crippen molar-refractivity contribution < 1.29 is 14.7 Å². The smallest absolute Gasteiger partial charge is 0.327 e. The number of hydrogen-bond acceptors (Lipinski definition) is 4. The zero-order valence-electron chi connectivity index (χ0n) is 10.2. The predicted molar refractivity (Wildman–Crippen MR) is 67.4 cm³/mol. The van der Waals surface area contributed by atoms with Gasteiger partial charge in [0.25, 0.3) is 0 Å². The summed E-state index contributed by atoms with van der Waals surface area (Å²) < 4.78 is 0. The molecule has 0 aromatic carbocycles. The molecule has 2 amide bonds. The van der Waals surface area contributed by atoms with Crippen LogP contribution in [0.1, 0.15) is 0 Å². The first-order chi connectivity index (χ1) is 8.07. The Morgan fingerprint density at radius 3 is 2.88 bits per heavy atom. The fourth-order valence-corrected chi connectivity index (χ4v) is 2.67. The van der Waals surface area contributed by atoms with Gasteiger partial charge in [-0.3, -0.25) is 0 Å². The van der Waals surface area contributed by atoms with Crippen LogP contribution in [0.5, 0.6) is 0 Å². The lowest BCUT2D eigenvalue weighted by atomic mass is 10.3. The van der Waals surface area contributed by atoms with Gasteiger partial charge < -0.3 is 20.2 Å². The molecule has 7 heteroatoms. The number of carboxylic acid groups (broad SMARTS) is 1. The summed E-state index contributed by atoms with van der Waals surface area (Å²) in [5.41, 5.74) is 0. The lowest BCUT2D eigenvalue weighted by Crippen LogP contribution is -2.54. The Bertz CT molecular complexity index is 288. The van der Waals surface area contributed by atoms with E-state index in [0.29, 0.717) is 25.4 Å². The third-order valence-electron chi connectivity index (χ3n) is 2.68. The summed E-state index contributed by atoms with van der Waals surface area (Å²) in [4.78, 5) is 26.1. The number of nitrogens with one attached hydrogen (secondary N) is 1. The highest BCUT2D eigenvalue weighted by atomic mass is 32.2. The van der Waals surface area contributed by atoms with Crippen LogP contribution in [0.4, 0.5) is 4.79 Å². The maximum Gasteiger partial charge on any atom is 0.327 e. The first-order valence-corrected chi connectivity index (χ1v) is 6.70. The first-order valence-electron chi connectivity index (χ1n) is 5.54. The summed E-state index contributed by atoms with van der Waals surface area (Å²) in [7, 11) is 3.51. The zero-order valence-corrected chi connectivity index (χ0v) is 11.0. The van der Waals surface area contributed by atoms with Crippen molar-refractivity contribution in [1.29, 1.82) is 0 Å². The number of thioether (sulfide) groups is 1. The molecule has 1 unspecified atom stereocenters. The number of carboxylic acids is 1. The maximum atomic E-state index is 12.1. The molecule has 0 bridgehead atoms. The number of nitrogens with zero attached hydrogens (tertiary/aromatic N) is 2. The Labute approximate surface area is 105 Å². The van der Waals surface area contributed by atoms with E-state index in [1.807, 2.05) is 7.05 Å². The molecule has 0 aromatic heterocycles. The normalized spacial score (nSPS) is 20.1. The molecule has 0 radical (unpaired) electrons. The Hall–Kier alpha value is -0.950. The van der Waals surface area contributed by atoms with E-state index in [1.165, 1.54) is 4.90 Å². The van der Waals surface area contributed by atoms with E-state index in [1.54, 1.807) is 23.7 Å². The number of urea groups is 1. The van der Waals surface area contributed by atoms with Crippen molar-refractivity contribution in [2.45, 2.75) is 6.04 Å². The topological polar surface area (TPSA) is 72.9 Å². The minimum atomic E-state index is -0.924. The van der Waals surface area contributed by atoms with Gasteiger partial charge in [0.2, 0.25) is 0 Å². The fraction of sp³-hybridized carbons (Fsp3) is 0.800. The van der Waals surface area contributed by atoms with Gasteiger partial charge in [-0.15, -0.1) is 0 Å². The highest BCUT2D eigenvalue weighted by molar-refractivity contribution is 7.99. The number of carbonyl (C=O) groups excluding carboxylic acids is 1. The van der Waals surface area contributed by atoms with Crippen LogP contribution in [0, 0.1) is 0 Å². The second-order valence-corrected chi connectivity index (χ2v) is 5.08. The van der Waals surface area contributed by atoms with Crippen LogP contribution < -0.4 is 5.32 Å². The number of likely N-dealkylation sites (N-methyl/N-ethyl adjacent to an activating group) is 2. The largest absolute Gasteiger partial charge is 0.480 e. The number of aliphatic carboxylic acids is 1. The quantitative estimate of drug-likeness (QED) is 0.731. The summed E-state index contributed by atoms with van der Waals surface area (Å²) in [5, 5.41) is 12.0. The third-order valence-corrected chi connectivity index (χ3v) is 3.71. The van der Waals surface area contributed by atoms with Crippen LogP contribution in [0.3, 0.4) is 0 Å². The van der Waals surface area contributed by atoms with Crippen LogP contribution in [0.2, 0.25) is 0 Å². The molecule has 0 saturated carbocycles. The molecule has 1 heterocycles. The summed E-state index contributed by atoms with van der Waals surface area (Å²) >= 11 is 1.58. The van der Waals surface area contributed by atoms with E-state index in [4.69, 9.17) is 5.11 Å². The summed E-state index contributed by atoms with van der Waals surface area (Å²) in [6.45, 7) is 1.78. The molecule has 1 saturated heterocycles. The molecule has 0 aromatic rings. The zero-order chi connectivity index (χ0) is 12.8. The van der Waals surface area contributed by atoms with Crippen molar-refractivity contribution in [3.63, 3.8) is 0 Å². The molecule has 0 aliphatic carbocycles. The third kappa shape index (κ3) is 3.78. The number of amides is 2. The Kier molecular flexibility index (Phi) is 5.57. The molecule has 98 valence electrons. The molecule has 1 aliphatic rings. The molecule has 0 spiro atoms. The predicted octanol–water partition coefficient (Wildman–Crippen LogP) is -0.240. The maximum absolute atomic E-state index is 12.1. The second-order valence-electron chi connectivity index (χ2n) is 3.93. The van der Waals surface area contributed by atoms with Crippen LogP contribution in [-0.4, -0.2) is 78.2 Å². The second kappa shape index (κ2) is 6.70. The van der Waals surface area contributed by atoms with E-state index < -0.39 is 12.0 Å². The van der Waals surface area contributed by atoms with Crippen molar-refractivity contribution in [3.05, 3.63) is 0 Å². The molecule has 1 rings (SSSR count). The molecule has 6 nitrogen and oxygen atoms in total. The Morgan fingerprint density at radius 1 is 1.59 bits per heavy atom. The molecule has 1 fully saturated rings. The molecule has 17 heavy (non-hydrogen) atoms. The summed E-state index contributed by atoms with van der Waals surface area (Å²) in [6.07, 6.45) is 0. The molecule has 1 atom stereocenters. The molecule has 2 N–H and O–H groups in total. The highest BCUT2D eigenvalue weighted by Crippen LogP contribution is 2.17. The fourth-order valence-electron chi connectivity index (χ4n) is 1.63. The van der Waals surface area contributed by atoms with Crippen molar-refractivity contribution >= 4 is 23.8 Å². The van der Waals surface area contributed by atoms with Crippen LogP contribution in [0.25, 0.3) is 0 Å². The van der Waals surface area contributed by atoms with Gasteiger partial charge in [-0.25, -0.2) is 9.59 Å². The Balaban J connectivity index is 2.61. The van der Waals surface area contributed by atoms with Gasteiger partial charge >= 0.3 is 12.0 Å². The molecule has 1 aliphatic heterocycles. The average Bonchev–Trinajstić information content (AvgIpc) is 2.34. The van der Waals surface area contributed by atoms with Crippen LogP contribution >= 0.6 is 11.8 Å². The Morgan fingerprint density at radius 2 is 2.29 bits per heavy atom. The highest BCUT2D eigenvalue weighted by Gasteiger charge is 2.33. The van der Waals surface area contributed by atoms with Crippen molar-refractivity contribution in [2.24, 2.45) is 0 Å². The summed E-state index contributed by atoms with van der Waals surface area (Å²) in [6, 6.07) is -0.897. The van der Waals surface area contributed by atoms with E-state index in [9.17, 15) is 9.59 Å². The van der Waals surface area contributed by atoms with Gasteiger partial charge in [0, 0.05) is 38.2 Å². The number of rotatable bonds is 4. The standard InChI is InChI=1S/C10H19N3O3S/c1-11-3-4-12(2)10(16)13-5-6-17-7-8(13)9(14)15/h8,11H,3-7H2,1-2H3,(H,14,15). The van der Waals surface area contributed by atoms with Gasteiger partial charge in [-0.1, -0.05) is 0 Å². The van der Waals surface area contributed by atoms with Gasteiger partial charge in [-0.2, -0.15) is 11.8 Å². The minimum Gasteiger partial charge on any atom is -0.480 e. The summed E-state index contributed by atoms with van der Waals surface area (Å²) in [5.74, 6) is 0.351. The molecular formula is C10H19N3O3S. The first kappa shape index (κ1) is 14.1. The lowest BCUT2D eigenvalue weighted by molar-refractivity contribution is -0.141. The van der Waals surface area contributed by atoms with Crippen molar-refractivity contribution in [3.8, 4) is 0 Å².